The van der Waals surface area contributed by atoms with Gasteiger partial charge in [-0.15, -0.1) is 0 Å². The lowest BCUT2D eigenvalue weighted by molar-refractivity contribution is 0.0661. The molecule has 0 bridgehead atoms. The zero-order valence-electron chi connectivity index (χ0n) is 10.8. The number of hydrogen-bond donors (Lipinski definition) is 2. The summed E-state index contributed by atoms with van der Waals surface area (Å²) in [4.78, 5) is 10.6. The van der Waals surface area contributed by atoms with Crippen molar-refractivity contribution in [2.24, 2.45) is 5.41 Å². The van der Waals surface area contributed by atoms with Gasteiger partial charge in [-0.05, 0) is 12.3 Å². The van der Waals surface area contributed by atoms with Crippen LogP contribution in [0.25, 0.3) is 0 Å². The van der Waals surface area contributed by atoms with E-state index in [9.17, 15) is 13.2 Å². The molecule has 0 aromatic carbocycles. The summed E-state index contributed by atoms with van der Waals surface area (Å²) >= 11 is 0. The molecule has 0 unspecified atom stereocenters. The second kappa shape index (κ2) is 4.74. The van der Waals surface area contributed by atoms with Crippen molar-refractivity contribution in [2.75, 3.05) is 6.54 Å². The van der Waals surface area contributed by atoms with Crippen molar-refractivity contribution in [3.63, 3.8) is 0 Å². The van der Waals surface area contributed by atoms with E-state index in [4.69, 9.17) is 9.52 Å². The molecule has 0 atom stereocenters. The number of nitrogens with one attached hydrogen (secondary N) is 1. The molecule has 1 rings (SSSR count). The maximum Gasteiger partial charge on any atom is 0.371 e. The zero-order chi connectivity index (χ0) is 14.1. The van der Waals surface area contributed by atoms with Gasteiger partial charge in [0.25, 0.3) is 0 Å². The van der Waals surface area contributed by atoms with Crippen LogP contribution in [0.15, 0.2) is 15.4 Å². The van der Waals surface area contributed by atoms with Gasteiger partial charge in [-0.3, -0.25) is 0 Å². The van der Waals surface area contributed by atoms with E-state index in [1.807, 2.05) is 20.8 Å². The maximum atomic E-state index is 12.0. The molecule has 0 fully saturated rings. The highest BCUT2D eigenvalue weighted by molar-refractivity contribution is 7.89. The number of aryl methyl sites for hydroxylation is 1. The van der Waals surface area contributed by atoms with Crippen molar-refractivity contribution in [1.29, 1.82) is 0 Å². The standard InChI is InChI=1S/C11H17NO5S/c1-7-9(5-8(17-7)10(13)14)18(15,16)12-6-11(2,3)4/h5,12H,6H2,1-4H3,(H,13,14). The van der Waals surface area contributed by atoms with Gasteiger partial charge in [0.1, 0.15) is 10.7 Å². The number of aromatic carboxylic acids is 1. The summed E-state index contributed by atoms with van der Waals surface area (Å²) in [6.07, 6.45) is 0. The van der Waals surface area contributed by atoms with Crippen molar-refractivity contribution < 1.29 is 22.7 Å². The fraction of sp³-hybridized carbons (Fsp3) is 0.545. The second-order valence-electron chi connectivity index (χ2n) is 5.22. The predicted octanol–water partition coefficient (Wildman–Crippen LogP) is 1.61. The lowest BCUT2D eigenvalue weighted by atomic mass is 9.98. The van der Waals surface area contributed by atoms with Crippen molar-refractivity contribution >= 4 is 16.0 Å². The average Bonchev–Trinajstić information content (AvgIpc) is 2.57. The van der Waals surface area contributed by atoms with Crippen molar-refractivity contribution in [3.8, 4) is 0 Å². The van der Waals surface area contributed by atoms with Gasteiger partial charge < -0.3 is 9.52 Å². The molecule has 18 heavy (non-hydrogen) atoms. The molecule has 6 nitrogen and oxygen atoms in total. The molecule has 102 valence electrons. The van der Waals surface area contributed by atoms with E-state index >= 15 is 0 Å². The first-order valence-electron chi connectivity index (χ1n) is 5.36. The van der Waals surface area contributed by atoms with Crippen molar-refractivity contribution in [2.45, 2.75) is 32.6 Å². The van der Waals surface area contributed by atoms with E-state index in [-0.39, 0.29) is 28.4 Å². The second-order valence-corrected chi connectivity index (χ2v) is 6.96. The maximum absolute atomic E-state index is 12.0. The Morgan fingerprint density at radius 3 is 2.39 bits per heavy atom. The minimum Gasteiger partial charge on any atom is -0.475 e. The van der Waals surface area contributed by atoms with Crippen LogP contribution in [0, 0.1) is 12.3 Å². The lowest BCUT2D eigenvalue weighted by Gasteiger charge is -2.18. The SMILES string of the molecule is Cc1oc(C(=O)O)cc1S(=O)(=O)NCC(C)(C)C. The van der Waals surface area contributed by atoms with Gasteiger partial charge in [0.2, 0.25) is 15.8 Å². The molecule has 0 radical (unpaired) electrons. The Morgan fingerprint density at radius 1 is 1.44 bits per heavy atom. The Morgan fingerprint density at radius 2 is 2.00 bits per heavy atom. The predicted molar refractivity (Wildman–Crippen MR) is 65.0 cm³/mol. The first-order chi connectivity index (χ1) is 8.03. The van der Waals surface area contributed by atoms with E-state index in [1.54, 1.807) is 0 Å². The minimum atomic E-state index is -3.74. The van der Waals surface area contributed by atoms with Gasteiger partial charge in [-0.1, -0.05) is 20.8 Å². The summed E-state index contributed by atoms with van der Waals surface area (Å²) in [5.74, 6) is -1.62. The normalized spacial score (nSPS) is 12.7. The number of rotatable bonds is 4. The van der Waals surface area contributed by atoms with Gasteiger partial charge in [-0.2, -0.15) is 0 Å². The summed E-state index contributed by atoms with van der Waals surface area (Å²) in [6, 6.07) is 1.02. The molecule has 0 aliphatic carbocycles. The Bertz CT molecular complexity index is 550. The van der Waals surface area contributed by atoms with Crippen LogP contribution in [-0.2, 0) is 10.0 Å². The quantitative estimate of drug-likeness (QED) is 0.870. The molecule has 2 N–H and O–H groups in total. The molecule has 1 aromatic rings. The third-order valence-corrected chi connectivity index (χ3v) is 3.67. The van der Waals surface area contributed by atoms with Crippen LogP contribution in [0.3, 0.4) is 0 Å². The van der Waals surface area contributed by atoms with Gasteiger partial charge >= 0.3 is 5.97 Å². The highest BCUT2D eigenvalue weighted by Gasteiger charge is 2.25. The van der Waals surface area contributed by atoms with Gasteiger partial charge in [0.05, 0.1) is 0 Å². The highest BCUT2D eigenvalue weighted by Crippen LogP contribution is 2.21. The minimum absolute atomic E-state index is 0.0637. The summed E-state index contributed by atoms with van der Waals surface area (Å²) in [5.41, 5.74) is -0.208. The third-order valence-electron chi connectivity index (χ3n) is 2.17. The van der Waals surface area contributed by atoms with Crippen molar-refractivity contribution in [3.05, 3.63) is 17.6 Å². The molecular formula is C11H17NO5S. The van der Waals surface area contributed by atoms with Gasteiger partial charge in [0.15, 0.2) is 0 Å². The molecule has 0 saturated heterocycles. The number of furan rings is 1. The first kappa shape index (κ1) is 14.7. The molecule has 1 heterocycles. The molecule has 0 saturated carbocycles. The Kier molecular flexibility index (Phi) is 3.87. The lowest BCUT2D eigenvalue weighted by Crippen LogP contribution is -2.32. The largest absolute Gasteiger partial charge is 0.475 e. The van der Waals surface area contributed by atoms with E-state index in [2.05, 4.69) is 4.72 Å². The molecule has 0 spiro atoms. The topological polar surface area (TPSA) is 96.6 Å². The van der Waals surface area contributed by atoms with E-state index in [0.717, 1.165) is 6.07 Å². The number of carboxylic acids is 1. The molecular weight excluding hydrogens is 258 g/mol. The molecule has 7 heteroatoms. The number of sulfonamides is 1. The highest BCUT2D eigenvalue weighted by atomic mass is 32.2. The van der Waals surface area contributed by atoms with Crippen LogP contribution in [0.5, 0.6) is 0 Å². The molecule has 1 aromatic heterocycles. The summed E-state index contributed by atoms with van der Waals surface area (Å²) in [5, 5.41) is 8.74. The Hall–Kier alpha value is -1.34. The smallest absolute Gasteiger partial charge is 0.371 e. The van der Waals surface area contributed by atoms with Gasteiger partial charge in [-0.25, -0.2) is 17.9 Å². The average molecular weight is 275 g/mol. The van der Waals surface area contributed by atoms with E-state index < -0.39 is 16.0 Å². The monoisotopic (exact) mass is 275 g/mol. The molecule has 0 aliphatic rings. The summed E-state index contributed by atoms with van der Waals surface area (Å²) in [6.45, 7) is 7.34. The number of carbonyl (C=O) groups is 1. The van der Waals surface area contributed by atoms with Gasteiger partial charge in [0, 0.05) is 12.6 Å². The number of hydrogen-bond acceptors (Lipinski definition) is 4. The zero-order valence-corrected chi connectivity index (χ0v) is 11.6. The third kappa shape index (κ3) is 3.58. The fourth-order valence-corrected chi connectivity index (χ4v) is 2.69. The van der Waals surface area contributed by atoms with Crippen LogP contribution in [0.4, 0.5) is 0 Å². The van der Waals surface area contributed by atoms with Crippen LogP contribution in [0.2, 0.25) is 0 Å². The Balaban J connectivity index is 3.02. The molecule has 0 aliphatic heterocycles. The van der Waals surface area contributed by atoms with Crippen LogP contribution < -0.4 is 4.72 Å². The van der Waals surface area contributed by atoms with Crippen LogP contribution >= 0.6 is 0 Å². The number of carboxylic acid groups (broad SMARTS) is 1. The van der Waals surface area contributed by atoms with Crippen LogP contribution in [-0.4, -0.2) is 26.0 Å². The summed E-state index contributed by atoms with van der Waals surface area (Å²) < 4.78 is 31.2. The van der Waals surface area contributed by atoms with Crippen LogP contribution in [0.1, 0.15) is 37.1 Å². The van der Waals surface area contributed by atoms with Crippen molar-refractivity contribution in [1.82, 2.24) is 4.72 Å². The Labute approximate surface area is 106 Å². The summed E-state index contributed by atoms with van der Waals surface area (Å²) in [7, 11) is -3.74. The van der Waals surface area contributed by atoms with E-state index in [0.29, 0.717) is 0 Å². The molecule has 0 amide bonds. The first-order valence-corrected chi connectivity index (χ1v) is 6.85. The fourth-order valence-electron chi connectivity index (χ4n) is 1.23. The van der Waals surface area contributed by atoms with E-state index in [1.165, 1.54) is 6.92 Å².